The molecule has 3 heteroatoms. The normalized spacial score (nSPS) is 12.9. The Bertz CT molecular complexity index is 2980. The van der Waals surface area contributed by atoms with Gasteiger partial charge in [0.1, 0.15) is 0 Å². The predicted octanol–water partition coefficient (Wildman–Crippen LogP) is 11.7. The predicted molar refractivity (Wildman–Crippen MR) is 240 cm³/mol. The number of nitrogens with zero attached hydrogens (tertiary/aromatic N) is 1. The Hall–Kier alpha value is -6.52. The summed E-state index contributed by atoms with van der Waals surface area (Å²) in [6.07, 6.45) is 0. The third-order valence-corrected chi connectivity index (χ3v) is 17.6. The van der Waals surface area contributed by atoms with Gasteiger partial charge in [-0.05, 0) is 96.2 Å². The lowest BCUT2D eigenvalue weighted by Crippen LogP contribution is -2.72. The highest BCUT2D eigenvalue weighted by molar-refractivity contribution is 7.28. The molecule has 0 spiro atoms. The van der Waals surface area contributed by atoms with Gasteiger partial charge in [0.25, 0.3) is 0 Å². The molecule has 0 amide bonds. The van der Waals surface area contributed by atoms with E-state index in [0.717, 1.165) is 17.1 Å². The fraction of sp³-hybridized carbons (Fsp3) is 0. The summed E-state index contributed by atoms with van der Waals surface area (Å²) in [4.78, 5) is 2.43. The molecule has 258 valence electrons. The molecule has 1 aromatic heterocycles. The van der Waals surface area contributed by atoms with Crippen molar-refractivity contribution in [3.05, 3.63) is 212 Å². The van der Waals surface area contributed by atoms with Crippen LogP contribution in [0.2, 0.25) is 0 Å². The summed E-state index contributed by atoms with van der Waals surface area (Å²) < 4.78 is 2.72. The van der Waals surface area contributed by atoms with Gasteiger partial charge in [-0.25, -0.2) is 0 Å². The zero-order chi connectivity index (χ0) is 36.3. The first-order valence-corrected chi connectivity index (χ1v) is 21.7. The number of anilines is 3. The van der Waals surface area contributed by atoms with Gasteiger partial charge >= 0.3 is 0 Å². The van der Waals surface area contributed by atoms with Crippen molar-refractivity contribution in [3.63, 3.8) is 0 Å². The number of fused-ring (bicyclic) bond motifs is 8. The van der Waals surface area contributed by atoms with E-state index in [1.807, 2.05) is 11.3 Å². The van der Waals surface area contributed by atoms with Gasteiger partial charge in [0.05, 0.1) is 0 Å². The molecule has 0 atom stereocenters. The Labute approximate surface area is 326 Å². The van der Waals surface area contributed by atoms with E-state index in [1.165, 1.54) is 73.9 Å². The van der Waals surface area contributed by atoms with Crippen molar-refractivity contribution < 1.29 is 0 Å². The Kier molecular flexibility index (Phi) is 7.44. The van der Waals surface area contributed by atoms with Crippen molar-refractivity contribution in [1.29, 1.82) is 0 Å². The van der Waals surface area contributed by atoms with Gasteiger partial charge in [-0.2, -0.15) is 0 Å². The molecular formula is C52H35NSSi. The van der Waals surface area contributed by atoms with Crippen LogP contribution in [0.5, 0.6) is 0 Å². The van der Waals surface area contributed by atoms with Crippen LogP contribution in [0.1, 0.15) is 0 Å². The zero-order valence-corrected chi connectivity index (χ0v) is 31.9. The van der Waals surface area contributed by atoms with Crippen molar-refractivity contribution in [2.75, 3.05) is 4.90 Å². The van der Waals surface area contributed by atoms with Crippen LogP contribution in [0.15, 0.2) is 212 Å². The van der Waals surface area contributed by atoms with Gasteiger partial charge < -0.3 is 4.90 Å². The molecule has 0 fully saturated rings. The second kappa shape index (κ2) is 12.8. The summed E-state index contributed by atoms with van der Waals surface area (Å²) in [5.74, 6) is 0. The first-order valence-electron chi connectivity index (χ1n) is 18.9. The number of rotatable bonds is 6. The van der Waals surface area contributed by atoms with Crippen LogP contribution in [0.4, 0.5) is 17.1 Å². The summed E-state index contributed by atoms with van der Waals surface area (Å²) >= 11 is 1.94. The summed E-state index contributed by atoms with van der Waals surface area (Å²) in [5, 5.41) is 10.9. The third kappa shape index (κ3) is 4.91. The van der Waals surface area contributed by atoms with Crippen LogP contribution in [0.25, 0.3) is 53.2 Å². The van der Waals surface area contributed by atoms with Crippen LogP contribution >= 0.6 is 11.3 Å². The van der Waals surface area contributed by atoms with E-state index < -0.39 is 8.07 Å². The van der Waals surface area contributed by atoms with Gasteiger partial charge in [-0.3, -0.25) is 0 Å². The van der Waals surface area contributed by atoms with Crippen molar-refractivity contribution >= 4 is 88.2 Å². The number of hydrogen-bond acceptors (Lipinski definition) is 2. The fourth-order valence-electron chi connectivity index (χ4n) is 9.17. The standard InChI is InChI=1S/C52H35NSSi/c1-4-17-38(18-5-1)53(39-29-27-37(28-30-39)44-25-14-16-36-15-10-11-23-43(36)44)40-31-32-47-50(35-40)55(41-19-6-2-7-20-41,42-21-8-3-9-22-42)49-34-33-46-45-24-12-13-26-48(45)54-52(46)51(47)49/h1-35H. The number of hydrogen-bond donors (Lipinski definition) is 0. The van der Waals surface area contributed by atoms with Gasteiger partial charge in [0, 0.05) is 37.2 Å². The molecule has 0 saturated heterocycles. The molecule has 0 bridgehead atoms. The number of thiophene rings is 1. The summed E-state index contributed by atoms with van der Waals surface area (Å²) in [7, 11) is -2.77. The molecule has 2 heterocycles. The van der Waals surface area contributed by atoms with Crippen molar-refractivity contribution in [3.8, 4) is 22.3 Å². The van der Waals surface area contributed by atoms with E-state index in [0.29, 0.717) is 0 Å². The van der Waals surface area contributed by atoms with Crippen LogP contribution in [0, 0.1) is 0 Å². The van der Waals surface area contributed by atoms with Crippen LogP contribution < -0.4 is 25.6 Å². The first-order chi connectivity index (χ1) is 27.3. The van der Waals surface area contributed by atoms with Gasteiger partial charge in [0.15, 0.2) is 8.07 Å². The van der Waals surface area contributed by atoms with E-state index in [4.69, 9.17) is 0 Å². The molecular weight excluding hydrogens is 699 g/mol. The molecule has 1 aliphatic heterocycles. The molecule has 55 heavy (non-hydrogen) atoms. The Morgan fingerprint density at radius 3 is 1.73 bits per heavy atom. The maximum absolute atomic E-state index is 2.77. The molecule has 9 aromatic carbocycles. The maximum Gasteiger partial charge on any atom is 0.181 e. The Morgan fingerprint density at radius 1 is 0.382 bits per heavy atom. The minimum atomic E-state index is -2.77. The van der Waals surface area contributed by atoms with Gasteiger partial charge in [0.2, 0.25) is 0 Å². The molecule has 0 unspecified atom stereocenters. The highest BCUT2D eigenvalue weighted by Crippen LogP contribution is 2.44. The molecule has 10 aromatic rings. The Morgan fingerprint density at radius 2 is 0.982 bits per heavy atom. The summed E-state index contributed by atoms with van der Waals surface area (Å²) in [6.45, 7) is 0. The van der Waals surface area contributed by atoms with E-state index in [9.17, 15) is 0 Å². The van der Waals surface area contributed by atoms with E-state index in [-0.39, 0.29) is 0 Å². The molecule has 0 N–H and O–H groups in total. The highest BCUT2D eigenvalue weighted by Gasteiger charge is 2.49. The SMILES string of the molecule is c1ccc(N(c2ccc(-c3cccc4ccccc34)cc2)c2ccc3c(c2)[Si](c2ccccc2)(c2ccccc2)c2ccc4c(sc5ccccc54)c2-3)cc1. The topological polar surface area (TPSA) is 3.24 Å². The average molecular weight is 734 g/mol. The molecule has 11 rings (SSSR count). The van der Waals surface area contributed by atoms with Crippen LogP contribution in [-0.2, 0) is 0 Å². The minimum Gasteiger partial charge on any atom is -0.311 e. The largest absolute Gasteiger partial charge is 0.311 e. The second-order valence-corrected chi connectivity index (χ2v) is 19.2. The quantitative estimate of drug-likeness (QED) is 0.154. The molecule has 0 radical (unpaired) electrons. The number of para-hydroxylation sites is 1. The summed E-state index contributed by atoms with van der Waals surface area (Å²) in [5.41, 5.74) is 8.65. The van der Waals surface area contributed by atoms with Crippen LogP contribution in [0.3, 0.4) is 0 Å². The summed E-state index contributed by atoms with van der Waals surface area (Å²) in [6, 6.07) is 79.0. The third-order valence-electron chi connectivity index (χ3n) is 11.5. The van der Waals surface area contributed by atoms with Crippen molar-refractivity contribution in [2.45, 2.75) is 0 Å². The van der Waals surface area contributed by atoms with E-state index >= 15 is 0 Å². The minimum absolute atomic E-state index is 1.13. The Balaban J connectivity index is 1.16. The molecule has 0 aliphatic carbocycles. The number of benzene rings is 9. The highest BCUT2D eigenvalue weighted by atomic mass is 32.1. The first kappa shape index (κ1) is 32.0. The second-order valence-electron chi connectivity index (χ2n) is 14.4. The van der Waals surface area contributed by atoms with Crippen molar-refractivity contribution in [2.24, 2.45) is 0 Å². The molecule has 1 aliphatic rings. The lowest BCUT2D eigenvalue weighted by molar-refractivity contribution is 1.29. The molecule has 0 saturated carbocycles. The zero-order valence-electron chi connectivity index (χ0n) is 30.1. The van der Waals surface area contributed by atoms with Gasteiger partial charge in [-0.15, -0.1) is 11.3 Å². The van der Waals surface area contributed by atoms with E-state index in [2.05, 4.69) is 217 Å². The van der Waals surface area contributed by atoms with Crippen molar-refractivity contribution in [1.82, 2.24) is 0 Å². The monoisotopic (exact) mass is 733 g/mol. The average Bonchev–Trinajstić information content (AvgIpc) is 3.79. The molecule has 1 nitrogen and oxygen atoms in total. The van der Waals surface area contributed by atoms with Crippen LogP contribution in [-0.4, -0.2) is 8.07 Å². The lowest BCUT2D eigenvalue weighted by atomic mass is 9.98. The fourth-order valence-corrected chi connectivity index (χ4v) is 15.7. The lowest BCUT2D eigenvalue weighted by Gasteiger charge is -2.32. The van der Waals surface area contributed by atoms with Gasteiger partial charge in [-0.1, -0.05) is 170 Å². The maximum atomic E-state index is 2.53. The van der Waals surface area contributed by atoms with E-state index in [1.54, 1.807) is 0 Å². The smallest absolute Gasteiger partial charge is 0.181 e.